The van der Waals surface area contributed by atoms with E-state index < -0.39 is 0 Å². The van der Waals surface area contributed by atoms with Crippen LogP contribution in [0.5, 0.6) is 5.75 Å². The zero-order valence-corrected chi connectivity index (χ0v) is 20.0. The predicted molar refractivity (Wildman–Crippen MR) is 138 cm³/mol. The second-order valence-corrected chi connectivity index (χ2v) is 9.44. The molecule has 4 aromatic rings. The number of amides is 2. The summed E-state index contributed by atoms with van der Waals surface area (Å²) in [5.74, 6) is -0.0978. The molecule has 0 saturated carbocycles. The summed E-state index contributed by atoms with van der Waals surface area (Å²) in [4.78, 5) is 27.4. The van der Waals surface area contributed by atoms with Gasteiger partial charge in [-0.25, -0.2) is 4.39 Å². The maximum Gasteiger partial charge on any atom is 0.293 e. The van der Waals surface area contributed by atoms with Gasteiger partial charge < -0.3 is 4.74 Å². The van der Waals surface area contributed by atoms with E-state index in [1.165, 1.54) is 17.0 Å². The first-order valence-corrected chi connectivity index (χ1v) is 12.1. The summed E-state index contributed by atoms with van der Waals surface area (Å²) < 4.78 is 19.3. The average Bonchev–Trinajstić information content (AvgIpc) is 3.13. The van der Waals surface area contributed by atoms with Gasteiger partial charge in [-0.05, 0) is 70.1 Å². The number of carbonyl (C=O) groups excluding carboxylic acids is 2. The van der Waals surface area contributed by atoms with Crippen LogP contribution in [-0.4, -0.2) is 16.0 Å². The van der Waals surface area contributed by atoms with E-state index in [4.69, 9.17) is 16.3 Å². The highest BCUT2D eigenvalue weighted by molar-refractivity contribution is 8.18. The zero-order valence-electron chi connectivity index (χ0n) is 18.4. The molecule has 0 aliphatic carbocycles. The Balaban J connectivity index is 1.46. The van der Waals surface area contributed by atoms with Gasteiger partial charge in [-0.2, -0.15) is 0 Å². The molecule has 1 saturated heterocycles. The number of halogens is 2. The summed E-state index contributed by atoms with van der Waals surface area (Å²) in [5.41, 5.74) is 2.34. The Hall–Kier alpha value is -3.61. The standard InChI is InChI=1S/C28H19ClFNO3S/c29-21-10-5-18(6-11-21)16-31-27(32)26(35-28(31)33)15-24-23-4-2-1-3-20(23)9-14-25(24)34-17-19-7-12-22(30)13-8-19/h1-15H,16-17H2/b26-15+. The summed E-state index contributed by atoms with van der Waals surface area (Å²) in [7, 11) is 0. The predicted octanol–water partition coefficient (Wildman–Crippen LogP) is 7.45. The van der Waals surface area contributed by atoms with E-state index in [2.05, 4.69) is 0 Å². The molecule has 35 heavy (non-hydrogen) atoms. The van der Waals surface area contributed by atoms with Crippen LogP contribution in [0.3, 0.4) is 0 Å². The SMILES string of the molecule is O=C1S/C(=C/c2c(OCc3ccc(F)cc3)ccc3ccccc23)C(=O)N1Cc1ccc(Cl)cc1. The van der Waals surface area contributed by atoms with Gasteiger partial charge in [-0.1, -0.05) is 66.2 Å². The average molecular weight is 504 g/mol. The lowest BCUT2D eigenvalue weighted by atomic mass is 10.0. The quantitative estimate of drug-likeness (QED) is 0.256. The fraction of sp³-hybridized carbons (Fsp3) is 0.0714. The van der Waals surface area contributed by atoms with Crippen molar-refractivity contribution < 1.29 is 18.7 Å². The topological polar surface area (TPSA) is 46.6 Å². The van der Waals surface area contributed by atoms with E-state index in [1.54, 1.807) is 42.5 Å². The van der Waals surface area contributed by atoms with Crippen molar-refractivity contribution >= 4 is 51.4 Å². The molecule has 4 aromatic carbocycles. The van der Waals surface area contributed by atoms with Crippen LogP contribution >= 0.6 is 23.4 Å². The Kier molecular flexibility index (Phi) is 6.57. The highest BCUT2D eigenvalue weighted by Crippen LogP contribution is 2.37. The van der Waals surface area contributed by atoms with Gasteiger partial charge in [0.1, 0.15) is 18.2 Å². The molecule has 1 fully saturated rings. The molecule has 1 heterocycles. The second kappa shape index (κ2) is 9.94. The Morgan fingerprint density at radius 1 is 0.886 bits per heavy atom. The lowest BCUT2D eigenvalue weighted by molar-refractivity contribution is -0.123. The Bertz CT molecular complexity index is 1450. The first kappa shape index (κ1) is 23.1. The van der Waals surface area contributed by atoms with Gasteiger partial charge in [-0.3, -0.25) is 14.5 Å². The number of hydrogen-bond donors (Lipinski definition) is 0. The van der Waals surface area contributed by atoms with Gasteiger partial charge in [0.25, 0.3) is 11.1 Å². The summed E-state index contributed by atoms with van der Waals surface area (Å²) in [6.07, 6.45) is 1.72. The zero-order chi connectivity index (χ0) is 24.4. The van der Waals surface area contributed by atoms with Crippen LogP contribution in [0.15, 0.2) is 89.8 Å². The van der Waals surface area contributed by atoms with Crippen molar-refractivity contribution in [3.05, 3.63) is 117 Å². The van der Waals surface area contributed by atoms with Crippen molar-refractivity contribution in [1.29, 1.82) is 0 Å². The lowest BCUT2D eigenvalue weighted by Crippen LogP contribution is -2.27. The van der Waals surface area contributed by atoms with Gasteiger partial charge >= 0.3 is 0 Å². The van der Waals surface area contributed by atoms with Gasteiger partial charge in [-0.15, -0.1) is 0 Å². The Morgan fingerprint density at radius 3 is 2.37 bits per heavy atom. The molecule has 0 unspecified atom stereocenters. The smallest absolute Gasteiger partial charge is 0.293 e. The highest BCUT2D eigenvalue weighted by Gasteiger charge is 2.35. The van der Waals surface area contributed by atoms with Crippen LogP contribution < -0.4 is 4.74 Å². The number of nitrogens with zero attached hydrogens (tertiary/aromatic N) is 1. The van der Waals surface area contributed by atoms with E-state index in [0.29, 0.717) is 21.2 Å². The molecule has 2 amide bonds. The minimum atomic E-state index is -0.354. The third-order valence-electron chi connectivity index (χ3n) is 5.64. The molecule has 1 aliphatic rings. The van der Waals surface area contributed by atoms with Crippen molar-refractivity contribution in [2.45, 2.75) is 13.2 Å². The fourth-order valence-electron chi connectivity index (χ4n) is 3.83. The normalized spacial score (nSPS) is 14.8. The van der Waals surface area contributed by atoms with Crippen molar-refractivity contribution in [1.82, 2.24) is 4.90 Å². The van der Waals surface area contributed by atoms with Crippen LogP contribution in [0.25, 0.3) is 16.8 Å². The van der Waals surface area contributed by atoms with E-state index in [1.807, 2.05) is 36.4 Å². The molecule has 0 atom stereocenters. The first-order valence-electron chi connectivity index (χ1n) is 10.9. The van der Waals surface area contributed by atoms with Crippen LogP contribution in [0.1, 0.15) is 16.7 Å². The molecule has 0 bridgehead atoms. The van der Waals surface area contributed by atoms with Crippen molar-refractivity contribution in [3.63, 3.8) is 0 Å². The first-order chi connectivity index (χ1) is 17.0. The molecule has 0 radical (unpaired) electrons. The van der Waals surface area contributed by atoms with Crippen molar-refractivity contribution in [2.75, 3.05) is 0 Å². The van der Waals surface area contributed by atoms with Gasteiger partial charge in [0.15, 0.2) is 0 Å². The molecular formula is C28H19ClFNO3S. The van der Waals surface area contributed by atoms with E-state index in [-0.39, 0.29) is 30.1 Å². The Morgan fingerprint density at radius 2 is 1.60 bits per heavy atom. The molecule has 1 aliphatic heterocycles. The minimum Gasteiger partial charge on any atom is -0.488 e. The molecule has 0 spiro atoms. The molecule has 7 heteroatoms. The number of benzene rings is 4. The molecule has 0 N–H and O–H groups in total. The summed E-state index contributed by atoms with van der Waals surface area (Å²) >= 11 is 6.85. The van der Waals surface area contributed by atoms with E-state index in [0.717, 1.165) is 33.7 Å². The van der Waals surface area contributed by atoms with Crippen LogP contribution in [0.4, 0.5) is 9.18 Å². The number of fused-ring (bicyclic) bond motifs is 1. The maximum absolute atomic E-state index is 13.3. The van der Waals surface area contributed by atoms with Crippen LogP contribution in [-0.2, 0) is 17.9 Å². The number of rotatable bonds is 6. The van der Waals surface area contributed by atoms with Crippen molar-refractivity contribution in [3.8, 4) is 5.75 Å². The molecule has 5 rings (SSSR count). The van der Waals surface area contributed by atoms with Gasteiger partial charge in [0.2, 0.25) is 0 Å². The molecular weight excluding hydrogens is 485 g/mol. The van der Waals surface area contributed by atoms with E-state index in [9.17, 15) is 14.0 Å². The van der Waals surface area contributed by atoms with Gasteiger partial charge in [0, 0.05) is 10.6 Å². The minimum absolute atomic E-state index is 0.169. The third-order valence-corrected chi connectivity index (χ3v) is 6.80. The number of ether oxygens (including phenoxy) is 1. The lowest BCUT2D eigenvalue weighted by Gasteiger charge is -2.14. The Labute approximate surface area is 211 Å². The summed E-state index contributed by atoms with van der Waals surface area (Å²) in [5, 5.41) is 2.14. The largest absolute Gasteiger partial charge is 0.488 e. The number of hydrogen-bond acceptors (Lipinski definition) is 4. The summed E-state index contributed by atoms with van der Waals surface area (Å²) in [6, 6.07) is 24.7. The molecule has 174 valence electrons. The van der Waals surface area contributed by atoms with Crippen LogP contribution in [0.2, 0.25) is 5.02 Å². The monoisotopic (exact) mass is 503 g/mol. The highest BCUT2D eigenvalue weighted by atomic mass is 35.5. The number of thioether (sulfide) groups is 1. The maximum atomic E-state index is 13.3. The number of imide groups is 1. The van der Waals surface area contributed by atoms with Crippen LogP contribution in [0, 0.1) is 5.82 Å². The third kappa shape index (κ3) is 5.09. The molecule has 0 aromatic heterocycles. The second-order valence-electron chi connectivity index (χ2n) is 8.01. The van der Waals surface area contributed by atoms with Crippen molar-refractivity contribution in [2.24, 2.45) is 0 Å². The van der Waals surface area contributed by atoms with Gasteiger partial charge in [0.05, 0.1) is 11.4 Å². The number of carbonyl (C=O) groups is 2. The fourth-order valence-corrected chi connectivity index (χ4v) is 4.78. The molecule has 4 nitrogen and oxygen atoms in total. The summed E-state index contributed by atoms with van der Waals surface area (Å²) in [6.45, 7) is 0.403. The van der Waals surface area contributed by atoms with E-state index >= 15 is 0 Å².